The van der Waals surface area contributed by atoms with E-state index in [1.54, 1.807) is 54.7 Å². The highest BCUT2D eigenvalue weighted by Crippen LogP contribution is 2.25. The molecule has 5 rings (SSSR count). The Labute approximate surface area is 229 Å². The van der Waals surface area contributed by atoms with Crippen LogP contribution in [0.15, 0.2) is 115 Å². The van der Waals surface area contributed by atoms with Crippen molar-refractivity contribution in [1.29, 1.82) is 0 Å². The molecule has 2 heterocycles. The first-order valence-corrected chi connectivity index (χ1v) is 12.4. The third-order valence-corrected chi connectivity index (χ3v) is 5.84. The summed E-state index contributed by atoms with van der Waals surface area (Å²) in [5.41, 5.74) is 3.16. The van der Waals surface area contributed by atoms with Crippen molar-refractivity contribution in [1.82, 2.24) is 15.0 Å². The molecule has 0 amide bonds. The molecule has 0 bridgehead atoms. The molecule has 0 aliphatic rings. The number of benzene rings is 3. The maximum atomic E-state index is 14.1. The SMILES string of the molecule is Fc1ccccc1COc1ccccc1/C=C/C(/C=C/c1ccccn1)=N/Oc1ncnc2cc(Cl)ccc12. The average molecular weight is 537 g/mol. The van der Waals surface area contributed by atoms with Gasteiger partial charge in [0.2, 0.25) is 0 Å². The van der Waals surface area contributed by atoms with Gasteiger partial charge in [0.05, 0.1) is 16.6 Å². The predicted molar refractivity (Wildman–Crippen MR) is 152 cm³/mol. The minimum absolute atomic E-state index is 0.103. The van der Waals surface area contributed by atoms with Crippen molar-refractivity contribution >= 4 is 40.4 Å². The predicted octanol–water partition coefficient (Wildman–Crippen LogP) is 7.56. The highest BCUT2D eigenvalue weighted by molar-refractivity contribution is 6.31. The van der Waals surface area contributed by atoms with Crippen LogP contribution in [0.25, 0.3) is 23.1 Å². The monoisotopic (exact) mass is 536 g/mol. The van der Waals surface area contributed by atoms with Crippen LogP contribution in [0, 0.1) is 5.82 Å². The highest BCUT2D eigenvalue weighted by atomic mass is 35.5. The van der Waals surface area contributed by atoms with Crippen molar-refractivity contribution in [2.75, 3.05) is 0 Å². The summed E-state index contributed by atoms with van der Waals surface area (Å²) in [6.07, 6.45) is 10.3. The molecule has 0 N–H and O–H groups in total. The number of oxime groups is 1. The molecule has 3 aromatic carbocycles. The second-order valence-corrected chi connectivity index (χ2v) is 8.72. The maximum Gasteiger partial charge on any atom is 0.259 e. The first kappa shape index (κ1) is 25.8. The first-order chi connectivity index (χ1) is 19.2. The zero-order valence-electron chi connectivity index (χ0n) is 20.6. The number of fused-ring (bicyclic) bond motifs is 1. The smallest absolute Gasteiger partial charge is 0.259 e. The second-order valence-electron chi connectivity index (χ2n) is 8.29. The van der Waals surface area contributed by atoms with Gasteiger partial charge >= 0.3 is 0 Å². The molecule has 2 aromatic heterocycles. The number of pyridine rings is 1. The maximum absolute atomic E-state index is 14.1. The van der Waals surface area contributed by atoms with E-state index in [2.05, 4.69) is 20.1 Å². The van der Waals surface area contributed by atoms with Crippen molar-refractivity contribution in [2.24, 2.45) is 5.16 Å². The fourth-order valence-corrected chi connectivity index (χ4v) is 3.80. The summed E-state index contributed by atoms with van der Waals surface area (Å²) in [5.74, 6) is 0.586. The Bertz CT molecular complexity index is 1670. The average Bonchev–Trinajstić information content (AvgIpc) is 2.97. The number of halogens is 2. The third-order valence-electron chi connectivity index (χ3n) is 5.61. The van der Waals surface area contributed by atoms with E-state index >= 15 is 0 Å². The van der Waals surface area contributed by atoms with Crippen LogP contribution in [0.3, 0.4) is 0 Å². The van der Waals surface area contributed by atoms with Crippen LogP contribution in [0.2, 0.25) is 5.02 Å². The number of rotatable bonds is 9. The Morgan fingerprint density at radius 3 is 2.56 bits per heavy atom. The lowest BCUT2D eigenvalue weighted by Crippen LogP contribution is -1.99. The molecule has 0 radical (unpaired) electrons. The summed E-state index contributed by atoms with van der Waals surface area (Å²) >= 11 is 6.09. The van der Waals surface area contributed by atoms with Gasteiger partial charge in [-0.05, 0) is 66.8 Å². The lowest BCUT2D eigenvalue weighted by atomic mass is 10.1. The highest BCUT2D eigenvalue weighted by Gasteiger charge is 2.07. The van der Waals surface area contributed by atoms with Crippen LogP contribution in [-0.2, 0) is 6.61 Å². The summed E-state index contributed by atoms with van der Waals surface area (Å²) < 4.78 is 20.0. The van der Waals surface area contributed by atoms with Crippen molar-refractivity contribution in [2.45, 2.75) is 6.61 Å². The van der Waals surface area contributed by atoms with E-state index in [9.17, 15) is 4.39 Å². The van der Waals surface area contributed by atoms with Gasteiger partial charge in [0, 0.05) is 22.3 Å². The van der Waals surface area contributed by atoms with Crippen molar-refractivity contribution < 1.29 is 14.0 Å². The van der Waals surface area contributed by atoms with Gasteiger partial charge < -0.3 is 9.57 Å². The molecule has 39 heavy (non-hydrogen) atoms. The summed E-state index contributed by atoms with van der Waals surface area (Å²) in [6, 6.07) is 24.9. The molecule has 0 saturated heterocycles. The molecule has 192 valence electrons. The molecule has 0 aliphatic heterocycles. The Balaban J connectivity index is 1.42. The van der Waals surface area contributed by atoms with Crippen LogP contribution in [-0.4, -0.2) is 20.7 Å². The lowest BCUT2D eigenvalue weighted by Gasteiger charge is -2.10. The molecule has 0 atom stereocenters. The third kappa shape index (κ3) is 6.91. The van der Waals surface area contributed by atoms with E-state index in [0.717, 1.165) is 11.3 Å². The van der Waals surface area contributed by atoms with Gasteiger partial charge in [-0.15, -0.1) is 0 Å². The Hall–Kier alpha value is -4.88. The van der Waals surface area contributed by atoms with Crippen LogP contribution in [0.1, 0.15) is 16.8 Å². The summed E-state index contributed by atoms with van der Waals surface area (Å²) in [6.45, 7) is 0.103. The van der Waals surface area contributed by atoms with E-state index < -0.39 is 0 Å². The lowest BCUT2D eigenvalue weighted by molar-refractivity contribution is 0.299. The number of para-hydroxylation sites is 1. The van der Waals surface area contributed by atoms with Gasteiger partial charge in [-0.25, -0.2) is 9.37 Å². The molecule has 0 saturated carbocycles. The van der Waals surface area contributed by atoms with Crippen molar-refractivity contribution in [3.05, 3.63) is 137 Å². The minimum atomic E-state index is -0.309. The van der Waals surface area contributed by atoms with Gasteiger partial charge in [-0.1, -0.05) is 59.2 Å². The summed E-state index contributed by atoms with van der Waals surface area (Å²) in [5, 5.41) is 5.57. The van der Waals surface area contributed by atoms with E-state index in [0.29, 0.717) is 38.8 Å². The number of hydrogen-bond donors (Lipinski definition) is 0. The first-order valence-electron chi connectivity index (χ1n) is 12.0. The van der Waals surface area contributed by atoms with Crippen LogP contribution in [0.5, 0.6) is 11.6 Å². The standard InChI is InChI=1S/C31H22ClFN4O2/c32-24-13-17-27-29(19-24)35-21-36-31(27)39-37-26(16-15-25-9-5-6-18-34-25)14-12-22-7-2-4-11-30(22)38-20-23-8-1-3-10-28(23)33/h1-19,21H,20H2/b14-12+,16-15+,37-26-. The molecule has 6 nitrogen and oxygen atoms in total. The minimum Gasteiger partial charge on any atom is -0.488 e. The van der Waals surface area contributed by atoms with E-state index in [-0.39, 0.29) is 12.4 Å². The van der Waals surface area contributed by atoms with Gasteiger partial charge in [0.1, 0.15) is 30.2 Å². The summed E-state index contributed by atoms with van der Waals surface area (Å²) in [4.78, 5) is 18.5. The van der Waals surface area contributed by atoms with E-state index in [1.807, 2.05) is 54.6 Å². The molecule has 0 fully saturated rings. The zero-order chi connectivity index (χ0) is 26.9. The topological polar surface area (TPSA) is 69.5 Å². The van der Waals surface area contributed by atoms with Gasteiger partial charge in [-0.2, -0.15) is 4.98 Å². The molecule has 0 aliphatic carbocycles. The number of hydrogen-bond acceptors (Lipinski definition) is 6. The fraction of sp³-hybridized carbons (Fsp3) is 0.0323. The summed E-state index contributed by atoms with van der Waals surface area (Å²) in [7, 11) is 0. The molecular weight excluding hydrogens is 515 g/mol. The molecule has 5 aromatic rings. The fourth-order valence-electron chi connectivity index (χ4n) is 3.63. The van der Waals surface area contributed by atoms with Gasteiger partial charge in [0.15, 0.2) is 0 Å². The van der Waals surface area contributed by atoms with E-state index in [1.165, 1.54) is 12.4 Å². The number of ether oxygens (including phenoxy) is 1. The van der Waals surface area contributed by atoms with Gasteiger partial charge in [-0.3, -0.25) is 4.98 Å². The number of aromatic nitrogens is 3. The molecule has 0 unspecified atom stereocenters. The largest absolute Gasteiger partial charge is 0.488 e. The molecule has 0 spiro atoms. The van der Waals surface area contributed by atoms with Crippen LogP contribution in [0.4, 0.5) is 4.39 Å². The van der Waals surface area contributed by atoms with Crippen molar-refractivity contribution in [3.63, 3.8) is 0 Å². The normalized spacial score (nSPS) is 11.9. The van der Waals surface area contributed by atoms with Crippen LogP contribution < -0.4 is 9.57 Å². The van der Waals surface area contributed by atoms with Crippen molar-refractivity contribution in [3.8, 4) is 11.6 Å². The number of nitrogens with zero attached hydrogens (tertiary/aromatic N) is 4. The van der Waals surface area contributed by atoms with E-state index in [4.69, 9.17) is 21.2 Å². The Morgan fingerprint density at radius 1 is 0.872 bits per heavy atom. The van der Waals surface area contributed by atoms with Gasteiger partial charge in [0.25, 0.3) is 5.88 Å². The zero-order valence-corrected chi connectivity index (χ0v) is 21.4. The van der Waals surface area contributed by atoms with Crippen LogP contribution >= 0.6 is 11.6 Å². The Kier molecular flexibility index (Phi) is 8.31. The second kappa shape index (κ2) is 12.6. The molecule has 8 heteroatoms. The Morgan fingerprint density at radius 2 is 1.69 bits per heavy atom. The quantitative estimate of drug-likeness (QED) is 0.144. The number of allylic oxidation sites excluding steroid dienone is 2. The molecular formula is C31H22ClFN4O2.